The third-order valence-corrected chi connectivity index (χ3v) is 9.18. The number of para-hydroxylation sites is 2. The van der Waals surface area contributed by atoms with Crippen molar-refractivity contribution in [2.45, 2.75) is 19.3 Å². The Morgan fingerprint density at radius 1 is 0.561 bits per heavy atom. The monoisotopic (exact) mass is 525 g/mol. The summed E-state index contributed by atoms with van der Waals surface area (Å²) < 4.78 is 9.08. The number of nitrogens with zero attached hydrogens (tertiary/aromatic N) is 1. The van der Waals surface area contributed by atoms with Gasteiger partial charge in [-0.2, -0.15) is 0 Å². The van der Waals surface area contributed by atoms with E-state index in [0.29, 0.717) is 0 Å². The van der Waals surface area contributed by atoms with Crippen molar-refractivity contribution in [2.75, 3.05) is 0 Å². The molecule has 0 radical (unpaired) electrons. The zero-order valence-electron chi connectivity index (χ0n) is 23.0. The van der Waals surface area contributed by atoms with Gasteiger partial charge in [0, 0.05) is 27.0 Å². The average Bonchev–Trinajstić information content (AvgIpc) is 3.63. The Morgan fingerprint density at radius 2 is 1.34 bits per heavy atom. The summed E-state index contributed by atoms with van der Waals surface area (Å²) >= 11 is 0. The van der Waals surface area contributed by atoms with E-state index in [9.17, 15) is 0 Å². The summed E-state index contributed by atoms with van der Waals surface area (Å²) in [4.78, 5) is 0. The van der Waals surface area contributed by atoms with Crippen LogP contribution in [0.15, 0.2) is 132 Å². The molecule has 0 fully saturated rings. The summed E-state index contributed by atoms with van der Waals surface area (Å²) in [6.07, 6.45) is 0. The molecule has 2 heteroatoms. The van der Waals surface area contributed by atoms with Gasteiger partial charge in [-0.3, -0.25) is 0 Å². The third kappa shape index (κ3) is 2.97. The van der Waals surface area contributed by atoms with Crippen LogP contribution in [0.3, 0.4) is 0 Å². The van der Waals surface area contributed by atoms with Crippen molar-refractivity contribution < 1.29 is 4.42 Å². The van der Waals surface area contributed by atoms with Crippen molar-refractivity contribution >= 4 is 43.7 Å². The fourth-order valence-corrected chi connectivity index (χ4v) is 7.33. The van der Waals surface area contributed by atoms with Crippen LogP contribution in [0.25, 0.3) is 71.7 Å². The second kappa shape index (κ2) is 7.99. The van der Waals surface area contributed by atoms with Crippen LogP contribution in [0.5, 0.6) is 0 Å². The Balaban J connectivity index is 1.47. The van der Waals surface area contributed by atoms with Gasteiger partial charge in [-0.1, -0.05) is 117 Å². The quantitative estimate of drug-likeness (QED) is 0.219. The lowest BCUT2D eigenvalue weighted by molar-refractivity contribution is 0.660. The van der Waals surface area contributed by atoms with Gasteiger partial charge in [0.15, 0.2) is 5.58 Å². The summed E-state index contributed by atoms with van der Waals surface area (Å²) in [5.41, 5.74) is 13.1. The molecular formula is C39H27NO. The van der Waals surface area contributed by atoms with Gasteiger partial charge in [0.2, 0.25) is 0 Å². The summed E-state index contributed by atoms with van der Waals surface area (Å²) in [5, 5.41) is 4.81. The molecule has 0 N–H and O–H groups in total. The molecule has 0 spiro atoms. The van der Waals surface area contributed by atoms with E-state index in [-0.39, 0.29) is 5.41 Å². The van der Waals surface area contributed by atoms with Crippen LogP contribution in [0.2, 0.25) is 0 Å². The standard InChI is InChI=1S/C39H27NO/c1-39(2)32-16-8-6-13-26(32)28-20-21-29-31-23-25(24-11-4-3-5-12-24)19-22-33(31)40(37(29)36(28)39)34-17-10-15-30-27-14-7-9-18-35(27)41-38(30)34/h3-23H,1-2H3. The molecule has 1 aliphatic carbocycles. The zero-order valence-corrected chi connectivity index (χ0v) is 23.0. The zero-order chi connectivity index (χ0) is 27.3. The van der Waals surface area contributed by atoms with E-state index in [4.69, 9.17) is 4.42 Å². The van der Waals surface area contributed by atoms with Crippen LogP contribution >= 0.6 is 0 Å². The summed E-state index contributed by atoms with van der Waals surface area (Å²) in [6.45, 7) is 4.74. The highest BCUT2D eigenvalue weighted by Crippen LogP contribution is 2.53. The first-order valence-corrected chi connectivity index (χ1v) is 14.3. The lowest BCUT2D eigenvalue weighted by atomic mass is 9.81. The van der Waals surface area contributed by atoms with Gasteiger partial charge >= 0.3 is 0 Å². The molecule has 1 aliphatic rings. The molecule has 41 heavy (non-hydrogen) atoms. The lowest BCUT2D eigenvalue weighted by Crippen LogP contribution is -2.16. The first-order valence-electron chi connectivity index (χ1n) is 14.3. The highest BCUT2D eigenvalue weighted by molar-refractivity contribution is 6.16. The average molecular weight is 526 g/mol. The Kier molecular flexibility index (Phi) is 4.42. The van der Waals surface area contributed by atoms with E-state index in [1.807, 2.05) is 6.07 Å². The number of hydrogen-bond acceptors (Lipinski definition) is 1. The minimum absolute atomic E-state index is 0.151. The highest BCUT2D eigenvalue weighted by atomic mass is 16.3. The third-order valence-electron chi connectivity index (χ3n) is 9.18. The molecule has 0 saturated carbocycles. The van der Waals surface area contributed by atoms with Gasteiger partial charge in [0.25, 0.3) is 0 Å². The molecular weight excluding hydrogens is 498 g/mol. The highest BCUT2D eigenvalue weighted by Gasteiger charge is 2.38. The molecule has 0 amide bonds. The lowest BCUT2D eigenvalue weighted by Gasteiger charge is -2.23. The largest absolute Gasteiger partial charge is 0.454 e. The Labute approximate surface area is 238 Å². The SMILES string of the molecule is CC1(C)c2ccccc2-c2ccc3c4cc(-c5ccccc5)ccc4n(-c4cccc5c4oc4ccccc45)c3c21. The molecule has 6 aromatic carbocycles. The van der Waals surface area contributed by atoms with E-state index in [1.165, 1.54) is 55.2 Å². The van der Waals surface area contributed by atoms with Crippen LogP contribution in [-0.4, -0.2) is 4.57 Å². The Hall–Kier alpha value is -5.08. The number of fused-ring (bicyclic) bond motifs is 10. The van der Waals surface area contributed by atoms with Crippen molar-refractivity contribution in [1.82, 2.24) is 4.57 Å². The smallest absolute Gasteiger partial charge is 0.159 e. The summed E-state index contributed by atoms with van der Waals surface area (Å²) in [5.74, 6) is 0. The second-order valence-electron chi connectivity index (χ2n) is 11.7. The number of rotatable bonds is 2. The van der Waals surface area contributed by atoms with E-state index >= 15 is 0 Å². The molecule has 0 aliphatic heterocycles. The Bertz CT molecular complexity index is 2330. The minimum Gasteiger partial charge on any atom is -0.454 e. The molecule has 2 aromatic heterocycles. The van der Waals surface area contributed by atoms with Gasteiger partial charge in [0.05, 0.1) is 16.7 Å². The first-order chi connectivity index (χ1) is 20.1. The molecule has 0 bridgehead atoms. The van der Waals surface area contributed by atoms with Crippen molar-refractivity contribution in [1.29, 1.82) is 0 Å². The fourth-order valence-electron chi connectivity index (χ4n) is 7.33. The molecule has 0 unspecified atom stereocenters. The number of aromatic nitrogens is 1. The minimum atomic E-state index is -0.151. The van der Waals surface area contributed by atoms with Gasteiger partial charge in [-0.15, -0.1) is 0 Å². The Morgan fingerprint density at radius 3 is 2.24 bits per heavy atom. The predicted octanol–water partition coefficient (Wildman–Crippen LogP) is 10.7. The normalized spacial score (nSPS) is 13.8. The maximum atomic E-state index is 6.61. The number of benzene rings is 6. The van der Waals surface area contributed by atoms with Crippen molar-refractivity contribution in [3.63, 3.8) is 0 Å². The van der Waals surface area contributed by atoms with E-state index in [1.54, 1.807) is 0 Å². The van der Waals surface area contributed by atoms with Crippen LogP contribution in [0.4, 0.5) is 0 Å². The number of furan rings is 1. The van der Waals surface area contributed by atoms with Crippen LogP contribution in [0.1, 0.15) is 25.0 Å². The maximum Gasteiger partial charge on any atom is 0.159 e. The summed E-state index contributed by atoms with van der Waals surface area (Å²) in [7, 11) is 0. The van der Waals surface area contributed by atoms with E-state index < -0.39 is 0 Å². The van der Waals surface area contributed by atoms with Crippen LogP contribution < -0.4 is 0 Å². The number of hydrogen-bond donors (Lipinski definition) is 0. The second-order valence-corrected chi connectivity index (χ2v) is 11.7. The molecule has 0 atom stereocenters. The van der Waals surface area contributed by atoms with Crippen molar-refractivity contribution in [3.05, 3.63) is 139 Å². The topological polar surface area (TPSA) is 18.1 Å². The molecule has 2 heterocycles. The van der Waals surface area contributed by atoms with Crippen LogP contribution in [0, 0.1) is 0 Å². The summed E-state index contributed by atoms with van der Waals surface area (Å²) in [6, 6.07) is 46.0. The molecule has 9 rings (SSSR count). The molecule has 8 aromatic rings. The van der Waals surface area contributed by atoms with Crippen molar-refractivity contribution in [3.8, 4) is 27.9 Å². The van der Waals surface area contributed by atoms with Gasteiger partial charge in [0.1, 0.15) is 5.58 Å². The van der Waals surface area contributed by atoms with E-state index in [2.05, 4.69) is 140 Å². The van der Waals surface area contributed by atoms with Gasteiger partial charge in [-0.05, 0) is 57.6 Å². The van der Waals surface area contributed by atoms with Crippen molar-refractivity contribution in [2.24, 2.45) is 0 Å². The molecule has 2 nitrogen and oxygen atoms in total. The van der Waals surface area contributed by atoms with Crippen LogP contribution in [-0.2, 0) is 5.41 Å². The van der Waals surface area contributed by atoms with Gasteiger partial charge in [-0.25, -0.2) is 0 Å². The molecule has 194 valence electrons. The predicted molar refractivity (Wildman–Crippen MR) is 171 cm³/mol. The van der Waals surface area contributed by atoms with Gasteiger partial charge < -0.3 is 8.98 Å². The van der Waals surface area contributed by atoms with E-state index in [0.717, 1.165) is 27.6 Å². The fraction of sp³-hybridized carbons (Fsp3) is 0.0769. The first kappa shape index (κ1) is 22.7. The molecule has 0 saturated heterocycles. The maximum absolute atomic E-state index is 6.61.